The highest BCUT2D eigenvalue weighted by atomic mass is 35.5. The van der Waals surface area contributed by atoms with Crippen LogP contribution < -0.4 is 5.32 Å². The summed E-state index contributed by atoms with van der Waals surface area (Å²) in [6.45, 7) is 4.63. The molecule has 5 nitrogen and oxygen atoms in total. The Kier molecular flexibility index (Phi) is 4.87. The Hall–Kier alpha value is -1.59. The van der Waals surface area contributed by atoms with Gasteiger partial charge in [-0.2, -0.15) is 0 Å². The zero-order chi connectivity index (χ0) is 16.4. The first-order valence-corrected chi connectivity index (χ1v) is 8.51. The highest BCUT2D eigenvalue weighted by molar-refractivity contribution is 6.30. The van der Waals surface area contributed by atoms with Crippen LogP contribution in [-0.2, 0) is 4.79 Å². The molecule has 3 rings (SSSR count). The van der Waals surface area contributed by atoms with Gasteiger partial charge in [0.2, 0.25) is 5.91 Å². The molecular formula is C17H22ClN3O2. The highest BCUT2D eigenvalue weighted by Crippen LogP contribution is 2.19. The van der Waals surface area contributed by atoms with Gasteiger partial charge in [-0.05, 0) is 38.0 Å². The Balaban J connectivity index is 1.53. The Morgan fingerprint density at radius 1 is 1.22 bits per heavy atom. The molecule has 124 valence electrons. The molecule has 0 radical (unpaired) electrons. The topological polar surface area (TPSA) is 52.7 Å². The number of carbonyl (C=O) groups excluding carboxylic acids is 2. The van der Waals surface area contributed by atoms with Crippen molar-refractivity contribution in [1.82, 2.24) is 15.1 Å². The second-order valence-corrected chi connectivity index (χ2v) is 6.73. The summed E-state index contributed by atoms with van der Waals surface area (Å²) in [6, 6.07) is 7.27. The smallest absolute Gasteiger partial charge is 0.253 e. The molecule has 1 unspecified atom stereocenters. The lowest BCUT2D eigenvalue weighted by atomic mass is 10.1. The maximum Gasteiger partial charge on any atom is 0.253 e. The quantitative estimate of drug-likeness (QED) is 0.912. The fourth-order valence-electron chi connectivity index (χ4n) is 2.83. The van der Waals surface area contributed by atoms with Crippen LogP contribution in [0, 0.1) is 0 Å². The summed E-state index contributed by atoms with van der Waals surface area (Å²) >= 11 is 5.95. The number of benzene rings is 1. The van der Waals surface area contributed by atoms with Crippen LogP contribution in [0.1, 0.15) is 30.1 Å². The van der Waals surface area contributed by atoms with E-state index >= 15 is 0 Å². The maximum absolute atomic E-state index is 12.5. The van der Waals surface area contributed by atoms with Crippen molar-refractivity contribution in [3.63, 3.8) is 0 Å². The van der Waals surface area contributed by atoms with E-state index in [2.05, 4.69) is 10.2 Å². The van der Waals surface area contributed by atoms with Crippen LogP contribution in [0.3, 0.4) is 0 Å². The third-order valence-corrected chi connectivity index (χ3v) is 4.76. The molecule has 2 aliphatic rings. The number of halogens is 1. The van der Waals surface area contributed by atoms with Crippen molar-refractivity contribution in [3.8, 4) is 0 Å². The average Bonchev–Trinajstić information content (AvgIpc) is 3.37. The molecule has 6 heteroatoms. The first-order chi connectivity index (χ1) is 11.0. The lowest BCUT2D eigenvalue weighted by Gasteiger charge is -2.37. The van der Waals surface area contributed by atoms with Crippen LogP contribution >= 0.6 is 11.6 Å². The molecule has 1 saturated heterocycles. The Labute approximate surface area is 141 Å². The van der Waals surface area contributed by atoms with Gasteiger partial charge in [0.15, 0.2) is 0 Å². The molecular weight excluding hydrogens is 314 g/mol. The fourth-order valence-corrected chi connectivity index (χ4v) is 3.02. The summed E-state index contributed by atoms with van der Waals surface area (Å²) in [4.78, 5) is 28.6. The molecule has 1 N–H and O–H groups in total. The zero-order valence-corrected chi connectivity index (χ0v) is 14.1. The molecule has 2 fully saturated rings. The fraction of sp³-hybridized carbons (Fsp3) is 0.529. The molecule has 1 aromatic carbocycles. The van der Waals surface area contributed by atoms with E-state index in [0.29, 0.717) is 42.8 Å². The maximum atomic E-state index is 12.5. The van der Waals surface area contributed by atoms with E-state index < -0.39 is 0 Å². The van der Waals surface area contributed by atoms with Gasteiger partial charge in [0.1, 0.15) is 0 Å². The predicted octanol–water partition coefficient (Wildman–Crippen LogP) is 1.76. The van der Waals surface area contributed by atoms with E-state index in [4.69, 9.17) is 11.6 Å². The molecule has 0 spiro atoms. The van der Waals surface area contributed by atoms with E-state index in [0.717, 1.165) is 12.8 Å². The molecule has 1 atom stereocenters. The molecule has 23 heavy (non-hydrogen) atoms. The molecule has 1 aliphatic carbocycles. The number of nitrogens with zero attached hydrogens (tertiary/aromatic N) is 2. The number of nitrogens with one attached hydrogen (secondary N) is 1. The molecule has 0 aromatic heterocycles. The van der Waals surface area contributed by atoms with Crippen LogP contribution in [0.4, 0.5) is 0 Å². The lowest BCUT2D eigenvalue weighted by Crippen LogP contribution is -2.55. The summed E-state index contributed by atoms with van der Waals surface area (Å²) < 4.78 is 0. The third kappa shape index (κ3) is 4.03. The highest BCUT2D eigenvalue weighted by Gasteiger charge is 2.31. The van der Waals surface area contributed by atoms with Gasteiger partial charge >= 0.3 is 0 Å². The number of piperazine rings is 1. The summed E-state index contributed by atoms with van der Waals surface area (Å²) in [7, 11) is 0. The van der Waals surface area contributed by atoms with Gasteiger partial charge in [0.25, 0.3) is 5.91 Å². The second kappa shape index (κ2) is 6.89. The normalized spacial score (nSPS) is 20.2. The van der Waals surface area contributed by atoms with Crippen LogP contribution in [0.15, 0.2) is 24.3 Å². The van der Waals surface area contributed by atoms with Crippen molar-refractivity contribution in [1.29, 1.82) is 0 Å². The Morgan fingerprint density at radius 2 is 1.91 bits per heavy atom. The van der Waals surface area contributed by atoms with Crippen molar-refractivity contribution >= 4 is 23.4 Å². The molecule has 0 bridgehead atoms. The van der Waals surface area contributed by atoms with E-state index in [9.17, 15) is 9.59 Å². The van der Waals surface area contributed by atoms with Crippen molar-refractivity contribution in [3.05, 3.63) is 34.9 Å². The van der Waals surface area contributed by atoms with Gasteiger partial charge in [0.05, 0.1) is 6.04 Å². The van der Waals surface area contributed by atoms with Gasteiger partial charge in [-0.15, -0.1) is 0 Å². The van der Waals surface area contributed by atoms with Crippen LogP contribution in [0.25, 0.3) is 0 Å². The van der Waals surface area contributed by atoms with Crippen molar-refractivity contribution in [2.75, 3.05) is 26.2 Å². The average molecular weight is 336 g/mol. The van der Waals surface area contributed by atoms with Gasteiger partial charge < -0.3 is 10.2 Å². The van der Waals surface area contributed by atoms with Crippen molar-refractivity contribution in [2.45, 2.75) is 31.8 Å². The zero-order valence-electron chi connectivity index (χ0n) is 13.3. The Morgan fingerprint density at radius 3 is 2.52 bits per heavy atom. The van der Waals surface area contributed by atoms with Crippen molar-refractivity contribution < 1.29 is 9.59 Å². The summed E-state index contributed by atoms with van der Waals surface area (Å²) in [6.07, 6.45) is 2.20. The van der Waals surface area contributed by atoms with Crippen LogP contribution in [-0.4, -0.2) is 59.9 Å². The van der Waals surface area contributed by atoms with E-state index in [1.54, 1.807) is 24.3 Å². The van der Waals surface area contributed by atoms with Crippen LogP contribution in [0.2, 0.25) is 5.02 Å². The Bertz CT molecular complexity index is 595. The lowest BCUT2D eigenvalue weighted by molar-refractivity contribution is -0.126. The second-order valence-electron chi connectivity index (χ2n) is 6.30. The van der Waals surface area contributed by atoms with Gasteiger partial charge in [-0.1, -0.05) is 17.7 Å². The van der Waals surface area contributed by atoms with E-state index in [1.165, 1.54) is 0 Å². The number of carbonyl (C=O) groups is 2. The van der Waals surface area contributed by atoms with E-state index in [1.807, 2.05) is 11.8 Å². The molecule has 2 amide bonds. The van der Waals surface area contributed by atoms with E-state index in [-0.39, 0.29) is 17.9 Å². The number of hydrogen-bond acceptors (Lipinski definition) is 3. The number of rotatable bonds is 4. The van der Waals surface area contributed by atoms with Crippen molar-refractivity contribution in [2.24, 2.45) is 0 Å². The minimum atomic E-state index is -0.140. The molecule has 1 heterocycles. The van der Waals surface area contributed by atoms with Gasteiger partial charge in [-0.3, -0.25) is 14.5 Å². The molecule has 1 aromatic rings. The summed E-state index contributed by atoms with van der Waals surface area (Å²) in [5.74, 6) is 0.101. The molecule has 1 saturated carbocycles. The first-order valence-electron chi connectivity index (χ1n) is 8.14. The number of amides is 2. The van der Waals surface area contributed by atoms with Gasteiger partial charge in [-0.25, -0.2) is 0 Å². The minimum absolute atomic E-state index is 0.00207. The summed E-state index contributed by atoms with van der Waals surface area (Å²) in [5, 5.41) is 3.61. The first kappa shape index (κ1) is 16.3. The third-order valence-electron chi connectivity index (χ3n) is 4.52. The van der Waals surface area contributed by atoms with Crippen LogP contribution in [0.5, 0.6) is 0 Å². The largest absolute Gasteiger partial charge is 0.352 e. The van der Waals surface area contributed by atoms with Gasteiger partial charge in [0, 0.05) is 42.8 Å². The standard InChI is InChI=1S/C17H22ClN3O2/c1-12(16(22)19-15-5-6-15)20-7-9-21(10-8-20)17(23)13-3-2-4-14(18)11-13/h2-4,11-12,15H,5-10H2,1H3,(H,19,22). The monoisotopic (exact) mass is 335 g/mol. The minimum Gasteiger partial charge on any atom is -0.352 e. The predicted molar refractivity (Wildman–Crippen MR) is 89.6 cm³/mol. The molecule has 1 aliphatic heterocycles. The summed E-state index contributed by atoms with van der Waals surface area (Å²) in [5.41, 5.74) is 0.616. The SMILES string of the molecule is CC(C(=O)NC1CC1)N1CCN(C(=O)c2cccc(Cl)c2)CC1. The number of hydrogen-bond donors (Lipinski definition) is 1.